The summed E-state index contributed by atoms with van der Waals surface area (Å²) in [6, 6.07) is 7.17. The van der Waals surface area contributed by atoms with Gasteiger partial charge in [0.15, 0.2) is 0 Å². The Labute approximate surface area is 101 Å². The van der Waals surface area contributed by atoms with Crippen molar-refractivity contribution in [2.75, 3.05) is 32.6 Å². The Morgan fingerprint density at radius 2 is 1.76 bits per heavy atom. The Bertz CT molecular complexity index is 399. The number of likely N-dealkylation sites (N-methyl/N-ethyl adjacent to an activating group) is 1. The van der Waals surface area contributed by atoms with E-state index in [1.54, 1.807) is 12.1 Å². The zero-order valence-electron chi connectivity index (χ0n) is 10.3. The molecule has 2 amide bonds. The molecular weight excluding hydrogens is 218 g/mol. The van der Waals surface area contributed by atoms with E-state index in [9.17, 15) is 9.59 Å². The van der Waals surface area contributed by atoms with Crippen LogP contribution < -0.4 is 15.5 Å². The van der Waals surface area contributed by atoms with Gasteiger partial charge < -0.3 is 15.5 Å². The smallest absolute Gasteiger partial charge is 0.251 e. The average Bonchev–Trinajstić information content (AvgIpc) is 2.35. The van der Waals surface area contributed by atoms with Crippen molar-refractivity contribution in [3.63, 3.8) is 0 Å². The van der Waals surface area contributed by atoms with Crippen LogP contribution in [0.3, 0.4) is 0 Å². The maximum atomic E-state index is 11.6. The van der Waals surface area contributed by atoms with Crippen molar-refractivity contribution in [1.82, 2.24) is 10.6 Å². The van der Waals surface area contributed by atoms with E-state index >= 15 is 0 Å². The van der Waals surface area contributed by atoms with Gasteiger partial charge in [0.25, 0.3) is 5.91 Å². The van der Waals surface area contributed by atoms with Gasteiger partial charge in [-0.25, -0.2) is 0 Å². The van der Waals surface area contributed by atoms with Crippen LogP contribution in [0.15, 0.2) is 24.3 Å². The largest absolute Gasteiger partial charge is 0.378 e. The highest BCUT2D eigenvalue weighted by Gasteiger charge is 2.07. The Balaban J connectivity index is 2.61. The van der Waals surface area contributed by atoms with Gasteiger partial charge >= 0.3 is 0 Å². The second kappa shape index (κ2) is 5.89. The third-order valence-corrected chi connectivity index (χ3v) is 2.33. The minimum Gasteiger partial charge on any atom is -0.378 e. The van der Waals surface area contributed by atoms with Gasteiger partial charge in [-0.2, -0.15) is 0 Å². The number of rotatable bonds is 4. The number of carbonyl (C=O) groups is 2. The van der Waals surface area contributed by atoms with E-state index in [-0.39, 0.29) is 18.4 Å². The molecule has 2 N–H and O–H groups in total. The number of carbonyl (C=O) groups excluding carboxylic acids is 2. The van der Waals surface area contributed by atoms with E-state index in [2.05, 4.69) is 10.6 Å². The normalized spacial score (nSPS) is 9.59. The van der Waals surface area contributed by atoms with Gasteiger partial charge in [0, 0.05) is 32.4 Å². The third kappa shape index (κ3) is 3.79. The van der Waals surface area contributed by atoms with Crippen molar-refractivity contribution < 1.29 is 9.59 Å². The molecule has 0 aliphatic rings. The molecule has 0 heterocycles. The summed E-state index contributed by atoms with van der Waals surface area (Å²) in [4.78, 5) is 24.6. The first-order chi connectivity index (χ1) is 8.04. The fourth-order valence-electron chi connectivity index (χ4n) is 1.26. The molecule has 1 aromatic rings. The number of nitrogens with one attached hydrogen (secondary N) is 2. The van der Waals surface area contributed by atoms with Crippen molar-refractivity contribution in [3.8, 4) is 0 Å². The Morgan fingerprint density at radius 3 is 2.24 bits per heavy atom. The van der Waals surface area contributed by atoms with Gasteiger partial charge in [-0.3, -0.25) is 9.59 Å². The second-order valence-corrected chi connectivity index (χ2v) is 3.80. The molecule has 92 valence electrons. The molecule has 0 saturated heterocycles. The number of hydrogen-bond acceptors (Lipinski definition) is 3. The van der Waals surface area contributed by atoms with Crippen molar-refractivity contribution in [1.29, 1.82) is 0 Å². The summed E-state index contributed by atoms with van der Waals surface area (Å²) in [6.07, 6.45) is 0. The number of hydrogen-bond donors (Lipinski definition) is 2. The van der Waals surface area contributed by atoms with E-state index in [4.69, 9.17) is 0 Å². The highest BCUT2D eigenvalue weighted by atomic mass is 16.2. The summed E-state index contributed by atoms with van der Waals surface area (Å²) in [5.74, 6) is -0.470. The van der Waals surface area contributed by atoms with Crippen LogP contribution in [-0.2, 0) is 4.79 Å². The molecule has 0 spiro atoms. The molecule has 1 rings (SSSR count). The molecule has 0 bridgehead atoms. The van der Waals surface area contributed by atoms with Crippen molar-refractivity contribution >= 4 is 17.5 Å². The van der Waals surface area contributed by atoms with Gasteiger partial charge in [0.2, 0.25) is 5.91 Å². The molecule has 0 aliphatic heterocycles. The molecule has 1 aromatic carbocycles. The lowest BCUT2D eigenvalue weighted by molar-refractivity contribution is -0.119. The van der Waals surface area contributed by atoms with Crippen LogP contribution in [0.4, 0.5) is 5.69 Å². The molecule has 0 saturated carbocycles. The molecule has 5 heteroatoms. The van der Waals surface area contributed by atoms with Crippen molar-refractivity contribution in [2.45, 2.75) is 0 Å². The van der Waals surface area contributed by atoms with E-state index in [0.717, 1.165) is 5.69 Å². The summed E-state index contributed by atoms with van der Waals surface area (Å²) in [5, 5.41) is 4.97. The van der Waals surface area contributed by atoms with Crippen LogP contribution in [0.25, 0.3) is 0 Å². The highest BCUT2D eigenvalue weighted by molar-refractivity contribution is 5.96. The zero-order valence-corrected chi connectivity index (χ0v) is 10.3. The highest BCUT2D eigenvalue weighted by Crippen LogP contribution is 2.11. The quantitative estimate of drug-likeness (QED) is 0.785. The second-order valence-electron chi connectivity index (χ2n) is 3.80. The minimum atomic E-state index is -0.251. The molecule has 5 nitrogen and oxygen atoms in total. The fourth-order valence-corrected chi connectivity index (χ4v) is 1.26. The van der Waals surface area contributed by atoms with Crippen LogP contribution in [-0.4, -0.2) is 39.5 Å². The summed E-state index contributed by atoms with van der Waals surface area (Å²) in [7, 11) is 5.39. The molecule has 0 unspecified atom stereocenters. The number of benzene rings is 1. The van der Waals surface area contributed by atoms with Gasteiger partial charge in [-0.15, -0.1) is 0 Å². The topological polar surface area (TPSA) is 61.4 Å². The SMILES string of the molecule is CNC(=O)CNC(=O)c1ccc(N(C)C)cc1. The predicted octanol–water partition coefficient (Wildman–Crippen LogP) is 0.228. The van der Waals surface area contributed by atoms with Crippen LogP contribution in [0.2, 0.25) is 0 Å². The molecule has 0 radical (unpaired) electrons. The molecule has 17 heavy (non-hydrogen) atoms. The average molecular weight is 235 g/mol. The van der Waals surface area contributed by atoms with E-state index in [0.29, 0.717) is 5.56 Å². The molecule has 0 fully saturated rings. The first kappa shape index (κ1) is 13.0. The molecule has 0 atom stereocenters. The lowest BCUT2D eigenvalue weighted by atomic mass is 10.2. The van der Waals surface area contributed by atoms with E-state index < -0.39 is 0 Å². The molecular formula is C12H17N3O2. The fraction of sp³-hybridized carbons (Fsp3) is 0.333. The maximum Gasteiger partial charge on any atom is 0.251 e. The van der Waals surface area contributed by atoms with Gasteiger partial charge in [0.1, 0.15) is 0 Å². The number of anilines is 1. The summed E-state index contributed by atoms with van der Waals surface area (Å²) in [6.45, 7) is -0.00916. The number of nitrogens with zero attached hydrogens (tertiary/aromatic N) is 1. The summed E-state index contributed by atoms with van der Waals surface area (Å²) >= 11 is 0. The van der Waals surface area contributed by atoms with E-state index in [1.165, 1.54) is 7.05 Å². The first-order valence-electron chi connectivity index (χ1n) is 5.30. The third-order valence-electron chi connectivity index (χ3n) is 2.33. The predicted molar refractivity (Wildman–Crippen MR) is 67.2 cm³/mol. The number of amides is 2. The van der Waals surface area contributed by atoms with Gasteiger partial charge in [-0.1, -0.05) is 0 Å². The van der Waals surface area contributed by atoms with E-state index in [1.807, 2.05) is 31.1 Å². The summed E-state index contributed by atoms with van der Waals surface area (Å²) in [5.41, 5.74) is 1.56. The summed E-state index contributed by atoms with van der Waals surface area (Å²) < 4.78 is 0. The Kier molecular flexibility index (Phi) is 4.51. The van der Waals surface area contributed by atoms with Crippen LogP contribution >= 0.6 is 0 Å². The molecule has 0 aromatic heterocycles. The Hall–Kier alpha value is -2.04. The van der Waals surface area contributed by atoms with Crippen LogP contribution in [0, 0.1) is 0 Å². The maximum absolute atomic E-state index is 11.6. The Morgan fingerprint density at radius 1 is 1.18 bits per heavy atom. The molecule has 0 aliphatic carbocycles. The van der Waals surface area contributed by atoms with Crippen molar-refractivity contribution in [2.24, 2.45) is 0 Å². The standard InChI is InChI=1S/C12H17N3O2/c1-13-11(16)8-14-12(17)9-4-6-10(7-5-9)15(2)3/h4-7H,8H2,1-3H3,(H,13,16)(H,14,17). The lowest BCUT2D eigenvalue weighted by Crippen LogP contribution is -2.35. The minimum absolute atomic E-state index is 0.00916. The van der Waals surface area contributed by atoms with Gasteiger partial charge in [0.05, 0.1) is 6.54 Å². The van der Waals surface area contributed by atoms with Crippen LogP contribution in [0.5, 0.6) is 0 Å². The lowest BCUT2D eigenvalue weighted by Gasteiger charge is -2.12. The van der Waals surface area contributed by atoms with Crippen LogP contribution in [0.1, 0.15) is 10.4 Å². The zero-order chi connectivity index (χ0) is 12.8. The first-order valence-corrected chi connectivity index (χ1v) is 5.30. The van der Waals surface area contributed by atoms with Gasteiger partial charge in [-0.05, 0) is 24.3 Å². The van der Waals surface area contributed by atoms with Crippen molar-refractivity contribution in [3.05, 3.63) is 29.8 Å². The monoisotopic (exact) mass is 235 g/mol.